The molecule has 2 aliphatic heterocycles. The highest BCUT2D eigenvalue weighted by molar-refractivity contribution is 5.03. The third kappa shape index (κ3) is 2.50. The van der Waals surface area contributed by atoms with Crippen molar-refractivity contribution in [2.75, 3.05) is 33.2 Å². The molecule has 0 saturated carbocycles. The van der Waals surface area contributed by atoms with E-state index in [4.69, 9.17) is 10.5 Å². The van der Waals surface area contributed by atoms with E-state index in [0.717, 1.165) is 26.2 Å². The first kappa shape index (κ1) is 13.3. The van der Waals surface area contributed by atoms with Crippen molar-refractivity contribution in [1.29, 1.82) is 0 Å². The maximum absolute atomic E-state index is 6.11. The summed E-state index contributed by atoms with van der Waals surface area (Å²) in [5, 5.41) is 0. The van der Waals surface area contributed by atoms with Gasteiger partial charge in [-0.2, -0.15) is 0 Å². The Bertz CT molecular complexity index is 251. The predicted molar refractivity (Wildman–Crippen MR) is 70.1 cm³/mol. The van der Waals surface area contributed by atoms with E-state index in [-0.39, 0.29) is 5.54 Å². The van der Waals surface area contributed by atoms with E-state index >= 15 is 0 Å². The van der Waals surface area contributed by atoms with Crippen LogP contribution in [0.2, 0.25) is 0 Å². The van der Waals surface area contributed by atoms with E-state index in [1.807, 2.05) is 0 Å². The summed E-state index contributed by atoms with van der Waals surface area (Å²) < 4.78 is 5.82. The van der Waals surface area contributed by atoms with E-state index in [0.29, 0.717) is 18.2 Å². The van der Waals surface area contributed by atoms with E-state index in [9.17, 15) is 0 Å². The van der Waals surface area contributed by atoms with Crippen molar-refractivity contribution >= 4 is 0 Å². The van der Waals surface area contributed by atoms with Gasteiger partial charge in [0.25, 0.3) is 0 Å². The first-order valence-corrected chi connectivity index (χ1v) is 6.77. The molecule has 100 valence electrons. The Morgan fingerprint density at radius 3 is 2.24 bits per heavy atom. The first-order valence-electron chi connectivity index (χ1n) is 6.77. The van der Waals surface area contributed by atoms with Crippen molar-refractivity contribution < 1.29 is 4.74 Å². The molecule has 2 rings (SSSR count). The second kappa shape index (κ2) is 4.84. The summed E-state index contributed by atoms with van der Waals surface area (Å²) in [5.74, 6) is 0. The van der Waals surface area contributed by atoms with Crippen LogP contribution in [0, 0.1) is 0 Å². The largest absolute Gasteiger partial charge is 0.373 e. The minimum Gasteiger partial charge on any atom is -0.373 e. The van der Waals surface area contributed by atoms with Crippen molar-refractivity contribution in [1.82, 2.24) is 9.80 Å². The summed E-state index contributed by atoms with van der Waals surface area (Å²) in [4.78, 5) is 5.00. The fourth-order valence-corrected chi connectivity index (χ4v) is 3.46. The molecule has 0 radical (unpaired) electrons. The standard InChI is InChI=1S/C13H27N3O/c1-10-5-13(8-14,9-15(10)4)16-6-11(2)17-12(3)7-16/h10-12H,5-9,14H2,1-4H3/t10?,11-,12+,13?. The summed E-state index contributed by atoms with van der Waals surface area (Å²) in [6.45, 7) is 10.5. The lowest BCUT2D eigenvalue weighted by molar-refractivity contribution is -0.0984. The molecule has 0 aromatic carbocycles. The Balaban J connectivity index is 2.12. The fraction of sp³-hybridized carbons (Fsp3) is 1.00. The molecule has 0 aromatic heterocycles. The highest BCUT2D eigenvalue weighted by Gasteiger charge is 2.45. The number of likely N-dealkylation sites (tertiary alicyclic amines) is 1. The fourth-order valence-electron chi connectivity index (χ4n) is 3.46. The molecule has 2 aliphatic rings. The Kier molecular flexibility index (Phi) is 3.78. The van der Waals surface area contributed by atoms with Crippen molar-refractivity contribution in [3.63, 3.8) is 0 Å². The lowest BCUT2D eigenvalue weighted by Gasteiger charge is -2.46. The van der Waals surface area contributed by atoms with Gasteiger partial charge in [-0.25, -0.2) is 0 Å². The first-order chi connectivity index (χ1) is 7.97. The minimum atomic E-state index is 0.167. The molecule has 2 heterocycles. The summed E-state index contributed by atoms with van der Waals surface area (Å²) in [6, 6.07) is 0.631. The Morgan fingerprint density at radius 1 is 1.24 bits per heavy atom. The normalized spacial score (nSPS) is 45.4. The Morgan fingerprint density at radius 2 is 1.82 bits per heavy atom. The van der Waals surface area contributed by atoms with Crippen LogP contribution < -0.4 is 5.73 Å². The van der Waals surface area contributed by atoms with Crippen LogP contribution in [-0.2, 0) is 4.74 Å². The molecule has 0 bridgehead atoms. The molecule has 17 heavy (non-hydrogen) atoms. The highest BCUT2D eigenvalue weighted by atomic mass is 16.5. The van der Waals surface area contributed by atoms with Crippen LogP contribution in [0.1, 0.15) is 27.2 Å². The number of likely N-dealkylation sites (N-methyl/N-ethyl adjacent to an activating group) is 1. The molecule has 2 saturated heterocycles. The molecule has 0 aliphatic carbocycles. The molecule has 2 unspecified atom stereocenters. The predicted octanol–water partition coefficient (Wildman–Crippen LogP) is 0.517. The van der Waals surface area contributed by atoms with Gasteiger partial charge in [0.2, 0.25) is 0 Å². The van der Waals surface area contributed by atoms with Gasteiger partial charge in [0.15, 0.2) is 0 Å². The van der Waals surface area contributed by atoms with Gasteiger partial charge in [-0.05, 0) is 34.2 Å². The average Bonchev–Trinajstić information content (AvgIpc) is 2.55. The monoisotopic (exact) mass is 241 g/mol. The summed E-state index contributed by atoms with van der Waals surface area (Å²) in [6.07, 6.45) is 1.83. The molecule has 4 nitrogen and oxygen atoms in total. The van der Waals surface area contributed by atoms with Crippen molar-refractivity contribution in [3.05, 3.63) is 0 Å². The van der Waals surface area contributed by atoms with Gasteiger partial charge in [0, 0.05) is 37.8 Å². The molecule has 0 amide bonds. The van der Waals surface area contributed by atoms with Gasteiger partial charge in [-0.3, -0.25) is 4.90 Å². The maximum atomic E-state index is 6.11. The van der Waals surface area contributed by atoms with Gasteiger partial charge in [0.1, 0.15) is 0 Å². The van der Waals surface area contributed by atoms with Crippen LogP contribution in [0.5, 0.6) is 0 Å². The van der Waals surface area contributed by atoms with Crippen molar-refractivity contribution in [2.24, 2.45) is 5.73 Å². The molecular formula is C13H27N3O. The number of rotatable bonds is 2. The van der Waals surface area contributed by atoms with Crippen molar-refractivity contribution in [3.8, 4) is 0 Å². The van der Waals surface area contributed by atoms with Crippen LogP contribution in [0.15, 0.2) is 0 Å². The zero-order valence-corrected chi connectivity index (χ0v) is 11.6. The smallest absolute Gasteiger partial charge is 0.0678 e. The molecule has 4 heteroatoms. The highest BCUT2D eigenvalue weighted by Crippen LogP contribution is 2.32. The number of morpholine rings is 1. The molecule has 2 fully saturated rings. The van der Waals surface area contributed by atoms with Crippen LogP contribution in [0.3, 0.4) is 0 Å². The Labute approximate surface area is 105 Å². The topological polar surface area (TPSA) is 41.7 Å². The summed E-state index contributed by atoms with van der Waals surface area (Å²) in [7, 11) is 2.20. The van der Waals surface area contributed by atoms with Crippen LogP contribution in [0.25, 0.3) is 0 Å². The van der Waals surface area contributed by atoms with Crippen molar-refractivity contribution in [2.45, 2.75) is 51.0 Å². The molecule has 4 atom stereocenters. The molecule has 0 aromatic rings. The van der Waals surface area contributed by atoms with E-state index in [1.165, 1.54) is 6.42 Å². The van der Waals surface area contributed by atoms with E-state index in [2.05, 4.69) is 37.6 Å². The second-order valence-corrected chi connectivity index (χ2v) is 6.06. The second-order valence-electron chi connectivity index (χ2n) is 6.06. The number of hydrogen-bond acceptors (Lipinski definition) is 4. The number of nitrogens with zero attached hydrogens (tertiary/aromatic N) is 2. The molecule has 0 spiro atoms. The molecule has 2 N–H and O–H groups in total. The number of hydrogen-bond donors (Lipinski definition) is 1. The SMILES string of the molecule is CC1CC(CN)(N2C[C@@H](C)O[C@@H](C)C2)CN1C. The maximum Gasteiger partial charge on any atom is 0.0678 e. The van der Waals surface area contributed by atoms with Crippen LogP contribution in [-0.4, -0.2) is 66.8 Å². The third-order valence-electron chi connectivity index (χ3n) is 4.44. The van der Waals surface area contributed by atoms with Gasteiger partial charge in [-0.15, -0.1) is 0 Å². The van der Waals surface area contributed by atoms with E-state index in [1.54, 1.807) is 0 Å². The van der Waals surface area contributed by atoms with Crippen LogP contribution >= 0.6 is 0 Å². The number of ether oxygens (including phenoxy) is 1. The van der Waals surface area contributed by atoms with Gasteiger partial charge < -0.3 is 15.4 Å². The third-order valence-corrected chi connectivity index (χ3v) is 4.44. The average molecular weight is 241 g/mol. The van der Waals surface area contributed by atoms with E-state index < -0.39 is 0 Å². The lowest BCUT2D eigenvalue weighted by Crippen LogP contribution is -2.61. The van der Waals surface area contributed by atoms with Gasteiger partial charge in [-0.1, -0.05) is 0 Å². The number of nitrogens with two attached hydrogens (primary N) is 1. The summed E-state index contributed by atoms with van der Waals surface area (Å²) in [5.41, 5.74) is 6.27. The zero-order chi connectivity index (χ0) is 12.6. The van der Waals surface area contributed by atoms with Gasteiger partial charge in [0.05, 0.1) is 12.2 Å². The summed E-state index contributed by atoms with van der Waals surface area (Å²) >= 11 is 0. The molecular weight excluding hydrogens is 214 g/mol. The lowest BCUT2D eigenvalue weighted by atomic mass is 9.92. The Hall–Kier alpha value is -0.160. The minimum absolute atomic E-state index is 0.167. The quantitative estimate of drug-likeness (QED) is 0.765. The van der Waals surface area contributed by atoms with Gasteiger partial charge >= 0.3 is 0 Å². The van der Waals surface area contributed by atoms with Crippen LogP contribution in [0.4, 0.5) is 0 Å². The zero-order valence-electron chi connectivity index (χ0n) is 11.6.